The minimum atomic E-state index is -1.02. The van der Waals surface area contributed by atoms with Gasteiger partial charge in [0.25, 0.3) is 0 Å². The molecule has 0 aliphatic heterocycles. The maximum atomic E-state index is 10.6. The van der Waals surface area contributed by atoms with Crippen LogP contribution in [0.4, 0.5) is 0 Å². The number of carboxylic acids is 1. The molecule has 66 valence electrons. The summed E-state index contributed by atoms with van der Waals surface area (Å²) in [6.45, 7) is 3.86. The number of rotatable bonds is 5. The summed E-state index contributed by atoms with van der Waals surface area (Å²) >= 11 is 0. The predicted molar refractivity (Wildman–Crippen MR) is 40.4 cm³/mol. The number of hydrogen-bond donors (Lipinski definition) is 1. The fourth-order valence-electron chi connectivity index (χ4n) is 0.938. The number of aliphatic carboxylic acids is 1. The van der Waals surface area contributed by atoms with Crippen LogP contribution in [-0.2, 0) is 4.79 Å². The highest BCUT2D eigenvalue weighted by Crippen LogP contribution is 2.11. The van der Waals surface area contributed by atoms with Crippen LogP contribution in [0.15, 0.2) is 0 Å². The summed E-state index contributed by atoms with van der Waals surface area (Å²) in [5.74, 6) is -1.02. The molecule has 0 aromatic carbocycles. The first-order valence-electron chi connectivity index (χ1n) is 4.13. The van der Waals surface area contributed by atoms with Crippen molar-refractivity contribution in [2.75, 3.05) is 0 Å². The molecule has 3 nitrogen and oxygen atoms in total. The van der Waals surface area contributed by atoms with Crippen LogP contribution in [0.25, 0.3) is 0 Å². The third-order valence-corrected chi connectivity index (χ3v) is 2.12. The Balaban J connectivity index is 3.99. The monoisotopic (exact) mass is 159 g/mol. The Kier molecular flexibility index (Phi) is 4.11. The van der Waals surface area contributed by atoms with Gasteiger partial charge in [0.2, 0.25) is 0 Å². The van der Waals surface area contributed by atoms with Crippen LogP contribution in [-0.4, -0.2) is 11.5 Å². The smallest absolute Gasteiger partial charge is 0.134 e. The molecule has 0 bridgehead atoms. The Hall–Kier alpha value is -0.570. The van der Waals surface area contributed by atoms with Gasteiger partial charge in [-0.1, -0.05) is 20.3 Å². The van der Waals surface area contributed by atoms with E-state index in [1.807, 2.05) is 13.8 Å². The summed E-state index contributed by atoms with van der Waals surface area (Å²) in [6, 6.07) is 0. The second kappa shape index (κ2) is 4.34. The lowest BCUT2D eigenvalue weighted by atomic mass is 9.91. The lowest BCUT2D eigenvalue weighted by molar-refractivity contribution is -0.488. The Bertz CT molecular complexity index is 136. The van der Waals surface area contributed by atoms with E-state index >= 15 is 0 Å². The number of carbonyl (C=O) groups is 1. The van der Waals surface area contributed by atoms with E-state index in [9.17, 15) is 9.90 Å². The lowest BCUT2D eigenvalue weighted by Crippen LogP contribution is -2.79. The third-order valence-electron chi connectivity index (χ3n) is 2.12. The second-order valence-electron chi connectivity index (χ2n) is 3.02. The molecule has 11 heavy (non-hydrogen) atoms. The van der Waals surface area contributed by atoms with Gasteiger partial charge in [-0.25, -0.2) is 0 Å². The van der Waals surface area contributed by atoms with Gasteiger partial charge in [0, 0.05) is 12.8 Å². The Morgan fingerprint density at radius 1 is 1.55 bits per heavy atom. The summed E-state index contributed by atoms with van der Waals surface area (Å²) in [6.07, 6.45) is 3.09. The van der Waals surface area contributed by atoms with Crippen molar-refractivity contribution < 1.29 is 15.6 Å². The number of carboxylic acid groups (broad SMARTS) is 1. The van der Waals surface area contributed by atoms with Gasteiger partial charge in [0.1, 0.15) is 11.5 Å². The number of hydrogen-bond acceptors (Lipinski definition) is 2. The molecule has 1 atom stereocenters. The second-order valence-corrected chi connectivity index (χ2v) is 3.02. The van der Waals surface area contributed by atoms with Gasteiger partial charge in [-0.05, 0) is 6.42 Å². The molecule has 0 spiro atoms. The maximum Gasteiger partial charge on any atom is 0.134 e. The van der Waals surface area contributed by atoms with Gasteiger partial charge in [0.15, 0.2) is 0 Å². The van der Waals surface area contributed by atoms with Crippen LogP contribution >= 0.6 is 0 Å². The molecule has 0 unspecified atom stereocenters. The Morgan fingerprint density at radius 2 is 2.09 bits per heavy atom. The first kappa shape index (κ1) is 10.4. The van der Waals surface area contributed by atoms with E-state index in [0.717, 1.165) is 12.8 Å². The number of carbonyl (C=O) groups excluding carboxylic acids is 1. The molecule has 0 aliphatic carbocycles. The average Bonchev–Trinajstić information content (AvgIpc) is 2.00. The molecule has 0 amide bonds. The first-order valence-corrected chi connectivity index (χ1v) is 4.13. The number of quaternary nitrogens is 1. The van der Waals surface area contributed by atoms with Crippen LogP contribution in [0.1, 0.15) is 39.5 Å². The molecule has 0 saturated heterocycles. The summed E-state index contributed by atoms with van der Waals surface area (Å²) in [5, 5.41) is 10.6. The summed E-state index contributed by atoms with van der Waals surface area (Å²) in [5.41, 5.74) is 2.81. The predicted octanol–water partition coefficient (Wildman–Crippen LogP) is -0.683. The summed E-state index contributed by atoms with van der Waals surface area (Å²) in [4.78, 5) is 10.6. The third kappa shape index (κ3) is 2.89. The van der Waals surface area contributed by atoms with Crippen molar-refractivity contribution >= 4 is 5.97 Å². The fourth-order valence-corrected chi connectivity index (χ4v) is 0.938. The van der Waals surface area contributed by atoms with Crippen LogP contribution in [0.2, 0.25) is 0 Å². The first-order chi connectivity index (χ1) is 5.06. The van der Waals surface area contributed by atoms with Gasteiger partial charge in [-0.3, -0.25) is 0 Å². The van der Waals surface area contributed by atoms with E-state index in [0.29, 0.717) is 12.8 Å². The van der Waals surface area contributed by atoms with Crippen molar-refractivity contribution in [1.29, 1.82) is 0 Å². The zero-order valence-corrected chi connectivity index (χ0v) is 7.35. The van der Waals surface area contributed by atoms with E-state index in [1.165, 1.54) is 0 Å². The molecular weight excluding hydrogens is 142 g/mol. The van der Waals surface area contributed by atoms with Gasteiger partial charge in [0.05, 0.1) is 0 Å². The molecule has 0 rings (SSSR count). The highest BCUT2D eigenvalue weighted by Gasteiger charge is 2.27. The van der Waals surface area contributed by atoms with Gasteiger partial charge in [-0.15, -0.1) is 0 Å². The Morgan fingerprint density at radius 3 is 2.36 bits per heavy atom. The van der Waals surface area contributed by atoms with Crippen LogP contribution in [0, 0.1) is 0 Å². The summed E-state index contributed by atoms with van der Waals surface area (Å²) in [7, 11) is 0. The molecule has 3 heteroatoms. The van der Waals surface area contributed by atoms with E-state index in [1.54, 1.807) is 0 Å². The van der Waals surface area contributed by atoms with Crippen LogP contribution < -0.4 is 10.8 Å². The fraction of sp³-hybridized carbons (Fsp3) is 0.875. The van der Waals surface area contributed by atoms with E-state index in [4.69, 9.17) is 0 Å². The topological polar surface area (TPSA) is 67.8 Å². The van der Waals surface area contributed by atoms with Gasteiger partial charge >= 0.3 is 0 Å². The molecule has 0 aromatic rings. The quantitative estimate of drug-likeness (QED) is 0.577. The zero-order valence-electron chi connectivity index (χ0n) is 7.35. The van der Waals surface area contributed by atoms with Crippen LogP contribution in [0.5, 0.6) is 0 Å². The molecule has 0 aliphatic rings. The molecule has 0 heterocycles. The van der Waals surface area contributed by atoms with E-state index < -0.39 is 11.5 Å². The minimum Gasteiger partial charge on any atom is -0.544 e. The van der Waals surface area contributed by atoms with Crippen molar-refractivity contribution in [1.82, 2.24) is 0 Å². The normalized spacial score (nSPS) is 15.9. The maximum absolute atomic E-state index is 10.6. The number of unbranched alkanes of at least 4 members (excludes halogenated alkanes) is 1. The highest BCUT2D eigenvalue weighted by atomic mass is 16.4. The summed E-state index contributed by atoms with van der Waals surface area (Å²) < 4.78 is 0. The van der Waals surface area contributed by atoms with Crippen molar-refractivity contribution in [2.45, 2.75) is 45.1 Å². The molecule has 0 radical (unpaired) electrons. The SMILES string of the molecule is CCCC[C@@]([NH3+])(CC)C(=O)[O-]. The van der Waals surface area contributed by atoms with Crippen molar-refractivity contribution in [2.24, 2.45) is 0 Å². The van der Waals surface area contributed by atoms with E-state index in [2.05, 4.69) is 5.73 Å². The van der Waals surface area contributed by atoms with Gasteiger partial charge in [-0.2, -0.15) is 0 Å². The van der Waals surface area contributed by atoms with Crippen molar-refractivity contribution in [3.05, 3.63) is 0 Å². The molecule has 0 saturated carbocycles. The minimum absolute atomic E-state index is 0.551. The molecular formula is C8H17NO2. The largest absolute Gasteiger partial charge is 0.544 e. The Labute approximate surface area is 67.6 Å². The van der Waals surface area contributed by atoms with Gasteiger partial charge < -0.3 is 15.6 Å². The zero-order chi connectivity index (χ0) is 8.91. The highest BCUT2D eigenvalue weighted by molar-refractivity contribution is 5.74. The lowest BCUT2D eigenvalue weighted by Gasteiger charge is -2.24. The van der Waals surface area contributed by atoms with Crippen molar-refractivity contribution in [3.63, 3.8) is 0 Å². The van der Waals surface area contributed by atoms with Crippen molar-refractivity contribution in [3.8, 4) is 0 Å². The molecule has 0 aromatic heterocycles. The average molecular weight is 159 g/mol. The van der Waals surface area contributed by atoms with E-state index in [-0.39, 0.29) is 0 Å². The molecule has 0 fully saturated rings. The molecule has 3 N–H and O–H groups in total. The van der Waals surface area contributed by atoms with Crippen LogP contribution in [0.3, 0.4) is 0 Å². The standard InChI is InChI=1S/C8H17NO2/c1-3-5-6-8(9,4-2)7(10)11/h3-6,9H2,1-2H3,(H,10,11)/t8-/m0/s1.